The lowest BCUT2D eigenvalue weighted by atomic mass is 9.83. The molecule has 5 heterocycles. The standard InChI is InChI=1S/C44H47N5O/c1-41(2)32-16-17-33(46-32)42(3,4)35-20-21-37(48-35)44(7,8)40-29(24-38(49-40)43(5,6)36-19-18-34(41)47-36)25-39(50)45-31-15-11-14-28-22-26-12-9-10-13-27(26)23-30(28)31/h9-24,46-49H,25H2,1-8H3,(H,45,50). The van der Waals surface area contributed by atoms with Gasteiger partial charge in [0.2, 0.25) is 5.91 Å². The summed E-state index contributed by atoms with van der Waals surface area (Å²) in [6, 6.07) is 34.3. The highest BCUT2D eigenvalue weighted by Gasteiger charge is 2.38. The van der Waals surface area contributed by atoms with Crippen molar-refractivity contribution >= 4 is 33.1 Å². The normalized spacial score (nSPS) is 17.2. The molecular weight excluding hydrogens is 615 g/mol. The lowest BCUT2D eigenvalue weighted by molar-refractivity contribution is -0.115. The van der Waals surface area contributed by atoms with Crippen LogP contribution in [-0.4, -0.2) is 25.8 Å². The number of hydrogen-bond acceptors (Lipinski definition) is 1. The quantitative estimate of drug-likeness (QED) is 0.120. The minimum atomic E-state index is -0.447. The number of anilines is 1. The Morgan fingerprint density at radius 1 is 0.500 bits per heavy atom. The molecule has 0 fully saturated rings. The molecule has 0 aliphatic carbocycles. The lowest BCUT2D eigenvalue weighted by Gasteiger charge is -2.28. The first-order valence-electron chi connectivity index (χ1n) is 17.7. The van der Waals surface area contributed by atoms with Crippen LogP contribution >= 0.6 is 0 Å². The van der Waals surface area contributed by atoms with Crippen molar-refractivity contribution in [2.24, 2.45) is 0 Å². The van der Waals surface area contributed by atoms with Crippen molar-refractivity contribution in [3.63, 3.8) is 0 Å². The molecule has 0 saturated carbocycles. The number of benzene rings is 3. The number of H-pyrrole nitrogens is 4. The summed E-state index contributed by atoms with van der Waals surface area (Å²) in [5.74, 6) is -0.0449. The third-order valence-electron chi connectivity index (χ3n) is 11.7. The van der Waals surface area contributed by atoms with Gasteiger partial charge in [-0.25, -0.2) is 0 Å². The smallest absolute Gasteiger partial charge is 0.228 e. The van der Waals surface area contributed by atoms with Crippen LogP contribution in [0.5, 0.6) is 0 Å². The Balaban J connectivity index is 1.23. The van der Waals surface area contributed by atoms with Gasteiger partial charge in [-0.05, 0) is 138 Å². The zero-order valence-corrected chi connectivity index (χ0v) is 30.4. The van der Waals surface area contributed by atoms with Crippen LogP contribution in [0.2, 0.25) is 0 Å². The Morgan fingerprint density at radius 3 is 1.50 bits per heavy atom. The summed E-state index contributed by atoms with van der Waals surface area (Å²) in [6.07, 6.45) is 0.238. The topological polar surface area (TPSA) is 92.3 Å². The maximum absolute atomic E-state index is 14.0. The monoisotopic (exact) mass is 661 g/mol. The molecule has 0 atom stereocenters. The second kappa shape index (κ2) is 10.9. The molecule has 1 amide bonds. The van der Waals surface area contributed by atoms with Crippen molar-refractivity contribution < 1.29 is 4.79 Å². The summed E-state index contributed by atoms with van der Waals surface area (Å²) >= 11 is 0. The number of amides is 1. The van der Waals surface area contributed by atoms with E-state index >= 15 is 0 Å². The maximum atomic E-state index is 14.0. The first-order chi connectivity index (χ1) is 23.7. The lowest BCUT2D eigenvalue weighted by Crippen LogP contribution is -2.27. The summed E-state index contributed by atoms with van der Waals surface area (Å²) in [6.45, 7) is 18.0. The van der Waals surface area contributed by atoms with Crippen molar-refractivity contribution in [3.05, 3.63) is 148 Å². The molecular formula is C44H47N5O. The van der Waals surface area contributed by atoms with Crippen molar-refractivity contribution in [1.82, 2.24) is 19.9 Å². The molecule has 7 aromatic rings. The minimum absolute atomic E-state index is 0.0449. The molecule has 1 aliphatic rings. The number of aromatic amines is 4. The van der Waals surface area contributed by atoms with E-state index in [9.17, 15) is 4.79 Å². The number of fused-ring (bicyclic) bond motifs is 10. The Bertz CT molecular complexity index is 2420. The van der Waals surface area contributed by atoms with E-state index in [0.717, 1.165) is 67.3 Å². The molecule has 3 aromatic carbocycles. The number of carbonyl (C=O) groups is 1. The molecule has 0 radical (unpaired) electrons. The predicted octanol–water partition coefficient (Wildman–Crippen LogP) is 10.1. The molecule has 6 nitrogen and oxygen atoms in total. The first kappa shape index (κ1) is 32.0. The van der Waals surface area contributed by atoms with E-state index in [0.29, 0.717) is 0 Å². The fourth-order valence-corrected chi connectivity index (χ4v) is 7.92. The molecule has 5 N–H and O–H groups in total. The van der Waals surface area contributed by atoms with Gasteiger partial charge in [-0.2, -0.15) is 0 Å². The molecule has 8 bridgehead atoms. The largest absolute Gasteiger partial charge is 0.361 e. The number of hydrogen-bond donors (Lipinski definition) is 5. The number of nitrogens with one attached hydrogen (secondary N) is 5. The van der Waals surface area contributed by atoms with E-state index < -0.39 is 5.41 Å². The van der Waals surface area contributed by atoms with Gasteiger partial charge in [-0.15, -0.1) is 0 Å². The summed E-state index contributed by atoms with van der Waals surface area (Å²) in [5.41, 5.74) is 9.35. The van der Waals surface area contributed by atoms with Gasteiger partial charge in [-0.1, -0.05) is 36.4 Å². The SMILES string of the molecule is CC1(C)c2ccc([nH]2)C(C)(C)c2ccc([nH]2)C(C)(C)c2[nH]c(cc2CC(=O)Nc2cccc3cc4ccccc4cc23)C(C)(C)c2ccc1[nH]2. The van der Waals surface area contributed by atoms with Gasteiger partial charge in [-0.3, -0.25) is 4.79 Å². The molecule has 8 rings (SSSR count). The molecule has 1 aliphatic heterocycles. The van der Waals surface area contributed by atoms with Gasteiger partial charge >= 0.3 is 0 Å². The van der Waals surface area contributed by atoms with E-state index in [2.05, 4.69) is 166 Å². The highest BCUT2D eigenvalue weighted by molar-refractivity contribution is 6.07. The Kier molecular flexibility index (Phi) is 6.97. The molecule has 254 valence electrons. The van der Waals surface area contributed by atoms with E-state index in [1.54, 1.807) is 0 Å². The predicted molar refractivity (Wildman–Crippen MR) is 205 cm³/mol. The van der Waals surface area contributed by atoms with Crippen molar-refractivity contribution in [1.29, 1.82) is 0 Å². The Hall–Kier alpha value is -5.23. The highest BCUT2D eigenvalue weighted by atomic mass is 16.1. The van der Waals surface area contributed by atoms with Gasteiger partial charge in [0.05, 0.1) is 6.42 Å². The van der Waals surface area contributed by atoms with Crippen LogP contribution in [0.15, 0.2) is 97.1 Å². The number of aromatic nitrogens is 4. The molecule has 4 aromatic heterocycles. The Labute approximate surface area is 294 Å². The van der Waals surface area contributed by atoms with Crippen molar-refractivity contribution in [2.45, 2.75) is 83.5 Å². The van der Waals surface area contributed by atoms with Gasteiger partial charge in [0.15, 0.2) is 0 Å². The Morgan fingerprint density at radius 2 is 0.960 bits per heavy atom. The van der Waals surface area contributed by atoms with Crippen LogP contribution in [0.4, 0.5) is 5.69 Å². The highest BCUT2D eigenvalue weighted by Crippen LogP contribution is 2.42. The number of rotatable bonds is 3. The van der Waals surface area contributed by atoms with Crippen LogP contribution in [0.25, 0.3) is 21.5 Å². The van der Waals surface area contributed by atoms with E-state index in [4.69, 9.17) is 0 Å². The first-order valence-corrected chi connectivity index (χ1v) is 17.7. The van der Waals surface area contributed by atoms with Crippen LogP contribution in [-0.2, 0) is 32.9 Å². The fraction of sp³-hybridized carbons (Fsp3) is 0.295. The van der Waals surface area contributed by atoms with Crippen molar-refractivity contribution in [2.75, 3.05) is 5.32 Å². The summed E-state index contributed by atoms with van der Waals surface area (Å²) < 4.78 is 0. The third kappa shape index (κ3) is 4.95. The summed E-state index contributed by atoms with van der Waals surface area (Å²) in [4.78, 5) is 29.4. The van der Waals surface area contributed by atoms with Crippen molar-refractivity contribution in [3.8, 4) is 0 Å². The van der Waals surface area contributed by atoms with Crippen LogP contribution in [0, 0.1) is 0 Å². The molecule has 0 unspecified atom stereocenters. The molecule has 0 saturated heterocycles. The average molecular weight is 662 g/mol. The van der Waals surface area contributed by atoms with Crippen LogP contribution in [0.3, 0.4) is 0 Å². The second-order valence-electron chi connectivity index (χ2n) is 16.4. The summed E-state index contributed by atoms with van der Waals surface area (Å²) in [7, 11) is 0. The third-order valence-corrected chi connectivity index (χ3v) is 11.7. The number of carbonyl (C=O) groups excluding carboxylic acids is 1. The van der Waals surface area contributed by atoms with E-state index in [-0.39, 0.29) is 28.6 Å². The average Bonchev–Trinajstić information content (AvgIpc) is 3.89. The summed E-state index contributed by atoms with van der Waals surface area (Å²) in [5, 5.41) is 7.76. The van der Waals surface area contributed by atoms with Gasteiger partial charge in [0, 0.05) is 78.3 Å². The van der Waals surface area contributed by atoms with E-state index in [1.807, 2.05) is 12.1 Å². The second-order valence-corrected chi connectivity index (χ2v) is 16.4. The zero-order chi connectivity index (χ0) is 35.2. The molecule has 0 spiro atoms. The van der Waals surface area contributed by atoms with E-state index in [1.165, 1.54) is 11.1 Å². The zero-order valence-electron chi connectivity index (χ0n) is 30.4. The van der Waals surface area contributed by atoms with Gasteiger partial charge in [0.25, 0.3) is 0 Å². The molecule has 6 heteroatoms. The minimum Gasteiger partial charge on any atom is -0.361 e. The van der Waals surface area contributed by atoms with Gasteiger partial charge < -0.3 is 25.3 Å². The van der Waals surface area contributed by atoms with Crippen LogP contribution in [0.1, 0.15) is 107 Å². The fourth-order valence-electron chi connectivity index (χ4n) is 7.92. The molecule has 50 heavy (non-hydrogen) atoms. The maximum Gasteiger partial charge on any atom is 0.228 e. The van der Waals surface area contributed by atoms with Crippen LogP contribution < -0.4 is 5.32 Å². The van der Waals surface area contributed by atoms with Gasteiger partial charge in [0.1, 0.15) is 0 Å².